The number of rotatable bonds is 4. The number of carbonyl (C=O) groups is 2. The lowest BCUT2D eigenvalue weighted by atomic mass is 10.1. The maximum absolute atomic E-state index is 12.9. The quantitative estimate of drug-likeness (QED) is 0.558. The zero-order chi connectivity index (χ0) is 19.8. The zero-order valence-electron chi connectivity index (χ0n) is 14.9. The van der Waals surface area contributed by atoms with Crippen molar-refractivity contribution in [3.05, 3.63) is 45.3 Å². The first-order chi connectivity index (χ1) is 13.5. The van der Waals surface area contributed by atoms with E-state index in [2.05, 4.69) is 5.32 Å². The SMILES string of the molecule is CCOC(=O)c1c(NC(=O)c2sc3ccccc3c2Cl)sc2c1CCC[S@@]2=O. The molecule has 2 aromatic heterocycles. The van der Waals surface area contributed by atoms with Gasteiger partial charge in [0, 0.05) is 15.8 Å². The lowest BCUT2D eigenvalue weighted by molar-refractivity contribution is 0.0526. The van der Waals surface area contributed by atoms with Crippen LogP contribution in [0, 0.1) is 0 Å². The van der Waals surface area contributed by atoms with E-state index in [9.17, 15) is 13.8 Å². The summed E-state index contributed by atoms with van der Waals surface area (Å²) >= 11 is 8.89. The minimum Gasteiger partial charge on any atom is -0.462 e. The minimum absolute atomic E-state index is 0.224. The lowest BCUT2D eigenvalue weighted by Crippen LogP contribution is -2.16. The molecular formula is C19H16ClNO4S3. The molecule has 0 unspecified atom stereocenters. The van der Waals surface area contributed by atoms with Gasteiger partial charge >= 0.3 is 5.97 Å². The van der Waals surface area contributed by atoms with E-state index >= 15 is 0 Å². The van der Waals surface area contributed by atoms with E-state index in [4.69, 9.17) is 16.3 Å². The Bertz CT molecular complexity index is 1120. The maximum Gasteiger partial charge on any atom is 0.341 e. The number of thiophene rings is 2. The van der Waals surface area contributed by atoms with Crippen molar-refractivity contribution in [3.8, 4) is 0 Å². The summed E-state index contributed by atoms with van der Waals surface area (Å²) in [5.41, 5.74) is 1.05. The van der Waals surface area contributed by atoms with Crippen LogP contribution in [0.4, 0.5) is 5.00 Å². The molecule has 0 saturated carbocycles. The number of anilines is 1. The van der Waals surface area contributed by atoms with Crippen molar-refractivity contribution in [1.82, 2.24) is 0 Å². The van der Waals surface area contributed by atoms with Crippen LogP contribution in [0.1, 0.15) is 38.9 Å². The first-order valence-electron chi connectivity index (χ1n) is 8.70. The number of amides is 1. The number of hydrogen-bond donors (Lipinski definition) is 1. The number of nitrogens with one attached hydrogen (secondary N) is 1. The summed E-state index contributed by atoms with van der Waals surface area (Å²) in [6.07, 6.45) is 1.38. The molecule has 3 aromatic rings. The van der Waals surface area contributed by atoms with Crippen molar-refractivity contribution in [1.29, 1.82) is 0 Å². The highest BCUT2D eigenvalue weighted by molar-refractivity contribution is 7.87. The van der Waals surface area contributed by atoms with E-state index in [1.807, 2.05) is 24.3 Å². The Morgan fingerprint density at radius 1 is 1.29 bits per heavy atom. The highest BCUT2D eigenvalue weighted by Crippen LogP contribution is 2.41. The highest BCUT2D eigenvalue weighted by Gasteiger charge is 2.31. The van der Waals surface area contributed by atoms with Crippen molar-refractivity contribution < 1.29 is 18.5 Å². The van der Waals surface area contributed by atoms with Crippen LogP contribution in [-0.2, 0) is 22.0 Å². The van der Waals surface area contributed by atoms with Crippen LogP contribution < -0.4 is 5.32 Å². The molecule has 1 atom stereocenters. The summed E-state index contributed by atoms with van der Waals surface area (Å²) < 4.78 is 19.1. The van der Waals surface area contributed by atoms with Crippen LogP contribution in [0.15, 0.2) is 28.5 Å². The molecule has 5 nitrogen and oxygen atoms in total. The molecule has 0 aliphatic carbocycles. The third kappa shape index (κ3) is 3.39. The first kappa shape index (κ1) is 19.6. The van der Waals surface area contributed by atoms with Gasteiger partial charge in [0.15, 0.2) is 0 Å². The van der Waals surface area contributed by atoms with Crippen molar-refractivity contribution >= 4 is 72.0 Å². The molecule has 28 heavy (non-hydrogen) atoms. The van der Waals surface area contributed by atoms with Gasteiger partial charge in [0.25, 0.3) is 5.91 Å². The molecular weight excluding hydrogens is 438 g/mol. The summed E-state index contributed by atoms with van der Waals surface area (Å²) in [6, 6.07) is 7.52. The van der Waals surface area contributed by atoms with Gasteiger partial charge in [-0.1, -0.05) is 29.8 Å². The van der Waals surface area contributed by atoms with E-state index in [1.54, 1.807) is 6.92 Å². The van der Waals surface area contributed by atoms with Gasteiger partial charge in [0.05, 0.1) is 32.2 Å². The van der Waals surface area contributed by atoms with E-state index in [-0.39, 0.29) is 12.5 Å². The summed E-state index contributed by atoms with van der Waals surface area (Å²) in [4.78, 5) is 25.8. The Balaban J connectivity index is 1.74. The Hall–Kier alpha value is -1.74. The molecule has 0 spiro atoms. The van der Waals surface area contributed by atoms with E-state index < -0.39 is 16.8 Å². The molecule has 146 valence electrons. The summed E-state index contributed by atoms with van der Waals surface area (Å²) in [7, 11) is -1.17. The van der Waals surface area contributed by atoms with Gasteiger partial charge in [-0.25, -0.2) is 4.79 Å². The van der Waals surface area contributed by atoms with Crippen molar-refractivity contribution in [2.75, 3.05) is 17.7 Å². The predicted octanol–water partition coefficient (Wildman–Crippen LogP) is 5.10. The van der Waals surface area contributed by atoms with Crippen LogP contribution in [0.3, 0.4) is 0 Å². The molecule has 4 rings (SSSR count). The van der Waals surface area contributed by atoms with Crippen molar-refractivity contribution in [2.24, 2.45) is 0 Å². The van der Waals surface area contributed by atoms with Gasteiger partial charge in [-0.15, -0.1) is 22.7 Å². The average molecular weight is 454 g/mol. The van der Waals surface area contributed by atoms with Crippen molar-refractivity contribution in [2.45, 2.75) is 24.0 Å². The van der Waals surface area contributed by atoms with E-state index in [1.165, 1.54) is 22.7 Å². The molecule has 0 saturated heterocycles. The Morgan fingerprint density at radius 2 is 2.07 bits per heavy atom. The van der Waals surface area contributed by atoms with Gasteiger partial charge in [-0.05, 0) is 31.4 Å². The number of hydrogen-bond acceptors (Lipinski definition) is 6. The predicted molar refractivity (Wildman–Crippen MR) is 115 cm³/mol. The molecule has 1 amide bonds. The Kier molecular flexibility index (Phi) is 5.55. The third-order valence-electron chi connectivity index (χ3n) is 4.38. The molecule has 1 aromatic carbocycles. The molecule has 0 bridgehead atoms. The molecule has 0 fully saturated rings. The largest absolute Gasteiger partial charge is 0.462 e. The number of esters is 1. The maximum atomic E-state index is 12.9. The van der Waals surface area contributed by atoms with E-state index in [0.29, 0.717) is 36.8 Å². The molecule has 9 heteroatoms. The fourth-order valence-corrected chi connectivity index (χ4v) is 7.48. The standard InChI is InChI=1S/C19H16ClNO4S3/c1-2-25-18(23)13-11-7-5-9-28(24)19(11)27-17(13)21-16(22)15-14(20)10-6-3-4-8-12(10)26-15/h3-4,6,8H,2,5,7,9H2,1H3,(H,21,22)/t28-/m0/s1. The van der Waals surface area contributed by atoms with Crippen LogP contribution in [-0.4, -0.2) is 28.4 Å². The van der Waals surface area contributed by atoms with Crippen LogP contribution in [0.25, 0.3) is 10.1 Å². The molecule has 3 heterocycles. The van der Waals surface area contributed by atoms with Gasteiger partial charge < -0.3 is 10.1 Å². The molecule has 1 aliphatic rings. The number of halogens is 1. The monoisotopic (exact) mass is 453 g/mol. The summed E-state index contributed by atoms with van der Waals surface area (Å²) in [5.74, 6) is -0.330. The second kappa shape index (κ2) is 7.94. The highest BCUT2D eigenvalue weighted by atomic mass is 35.5. The van der Waals surface area contributed by atoms with Gasteiger partial charge in [0.1, 0.15) is 9.88 Å². The number of carbonyl (C=O) groups excluding carboxylic acids is 2. The number of fused-ring (bicyclic) bond motifs is 2. The van der Waals surface area contributed by atoms with Crippen molar-refractivity contribution in [3.63, 3.8) is 0 Å². The fraction of sp³-hybridized carbons (Fsp3) is 0.263. The smallest absolute Gasteiger partial charge is 0.341 e. The summed E-state index contributed by atoms with van der Waals surface area (Å²) in [5, 5.41) is 4.39. The molecule has 0 radical (unpaired) electrons. The van der Waals surface area contributed by atoms with Crippen LogP contribution in [0.2, 0.25) is 5.02 Å². The minimum atomic E-state index is -1.17. The normalized spacial score (nSPS) is 16.0. The molecule has 1 N–H and O–H groups in total. The average Bonchev–Trinajstić information content (AvgIpc) is 3.21. The van der Waals surface area contributed by atoms with E-state index in [0.717, 1.165) is 22.1 Å². The second-order valence-electron chi connectivity index (χ2n) is 6.14. The van der Waals surface area contributed by atoms with Gasteiger partial charge in [-0.3, -0.25) is 9.00 Å². The fourth-order valence-electron chi connectivity index (χ4n) is 3.16. The Labute approximate surface area is 177 Å². The number of benzene rings is 1. The second-order valence-corrected chi connectivity index (χ2v) is 10.4. The number of ether oxygens (including phenoxy) is 1. The van der Waals surface area contributed by atoms with Gasteiger partial charge in [-0.2, -0.15) is 0 Å². The molecule has 1 aliphatic heterocycles. The topological polar surface area (TPSA) is 72.5 Å². The van der Waals surface area contributed by atoms with Crippen LogP contribution in [0.5, 0.6) is 0 Å². The summed E-state index contributed by atoms with van der Waals surface area (Å²) in [6.45, 7) is 1.95. The Morgan fingerprint density at radius 3 is 2.82 bits per heavy atom. The third-order valence-corrected chi connectivity index (χ3v) is 9.12. The zero-order valence-corrected chi connectivity index (χ0v) is 18.1. The lowest BCUT2D eigenvalue weighted by Gasteiger charge is -2.12. The van der Waals surface area contributed by atoms with Crippen LogP contribution >= 0.6 is 34.3 Å². The van der Waals surface area contributed by atoms with Gasteiger partial charge in [0.2, 0.25) is 0 Å². The first-order valence-corrected chi connectivity index (χ1v) is 12.0.